The number of hydrogen-bond acceptors (Lipinski definition) is 4. The molecule has 0 aliphatic carbocycles. The first kappa shape index (κ1) is 25.2. The number of hydrogen-bond donors (Lipinski definition) is 4. The molecule has 1 aliphatic heterocycles. The Morgan fingerprint density at radius 2 is 1.78 bits per heavy atom. The lowest BCUT2D eigenvalue weighted by molar-refractivity contribution is -0.132. The molecule has 0 unspecified atom stereocenters. The van der Waals surface area contributed by atoms with Gasteiger partial charge in [0, 0.05) is 24.9 Å². The van der Waals surface area contributed by atoms with E-state index in [0.29, 0.717) is 24.9 Å². The van der Waals surface area contributed by atoms with Crippen molar-refractivity contribution in [2.45, 2.75) is 58.0 Å². The maximum atomic E-state index is 13.3. The molecule has 10 heteroatoms. The minimum Gasteiger partial charge on any atom is -0.368 e. The Morgan fingerprint density at radius 1 is 1.12 bits per heavy atom. The highest BCUT2D eigenvalue weighted by molar-refractivity contribution is 5.92. The zero-order valence-corrected chi connectivity index (χ0v) is 18.3. The van der Waals surface area contributed by atoms with Gasteiger partial charge in [-0.3, -0.25) is 19.2 Å². The van der Waals surface area contributed by atoms with E-state index in [1.807, 2.05) is 13.8 Å². The third kappa shape index (κ3) is 7.90. The van der Waals surface area contributed by atoms with Crippen molar-refractivity contribution in [3.8, 4) is 0 Å². The number of nitrogens with two attached hydrogens (primary N) is 1. The fourth-order valence-electron chi connectivity index (χ4n) is 3.66. The van der Waals surface area contributed by atoms with Crippen molar-refractivity contribution in [1.82, 2.24) is 16.0 Å². The molecule has 1 aromatic rings. The van der Waals surface area contributed by atoms with E-state index in [9.17, 15) is 28.0 Å². The van der Waals surface area contributed by atoms with Gasteiger partial charge in [-0.25, -0.2) is 8.78 Å². The van der Waals surface area contributed by atoms with E-state index in [2.05, 4.69) is 16.0 Å². The number of aryl methyl sites for hydroxylation is 1. The molecular weight excluding hydrogens is 422 g/mol. The Balaban J connectivity index is 1.98. The van der Waals surface area contributed by atoms with Crippen LogP contribution in [0.3, 0.4) is 0 Å². The molecule has 1 aliphatic rings. The van der Waals surface area contributed by atoms with E-state index >= 15 is 0 Å². The summed E-state index contributed by atoms with van der Waals surface area (Å²) in [5.74, 6) is -3.83. The fraction of sp³-hybridized carbons (Fsp3) is 0.545. The molecule has 0 saturated carbocycles. The summed E-state index contributed by atoms with van der Waals surface area (Å²) in [4.78, 5) is 48.8. The second kappa shape index (κ2) is 11.5. The Morgan fingerprint density at radius 3 is 2.31 bits per heavy atom. The first-order chi connectivity index (χ1) is 15.0. The number of halogens is 2. The maximum Gasteiger partial charge on any atom is 0.243 e. The van der Waals surface area contributed by atoms with Crippen molar-refractivity contribution in [3.05, 3.63) is 35.4 Å². The van der Waals surface area contributed by atoms with Crippen molar-refractivity contribution >= 4 is 23.6 Å². The molecule has 1 heterocycles. The number of rotatable bonds is 11. The third-order valence-electron chi connectivity index (χ3n) is 5.26. The minimum atomic E-state index is -1.04. The molecule has 3 atom stereocenters. The van der Waals surface area contributed by atoms with Gasteiger partial charge in [-0.1, -0.05) is 13.8 Å². The number of primary amides is 1. The van der Waals surface area contributed by atoms with Crippen LogP contribution in [-0.4, -0.2) is 42.3 Å². The second-order valence-corrected chi connectivity index (χ2v) is 8.50. The van der Waals surface area contributed by atoms with Gasteiger partial charge < -0.3 is 21.7 Å². The van der Waals surface area contributed by atoms with Crippen LogP contribution >= 0.6 is 0 Å². The molecule has 8 nitrogen and oxygen atoms in total. The third-order valence-corrected chi connectivity index (χ3v) is 5.26. The quantitative estimate of drug-likeness (QED) is 0.398. The van der Waals surface area contributed by atoms with Gasteiger partial charge in [0.1, 0.15) is 23.7 Å². The van der Waals surface area contributed by atoms with E-state index in [0.717, 1.165) is 18.2 Å². The highest BCUT2D eigenvalue weighted by Gasteiger charge is 2.32. The topological polar surface area (TPSA) is 130 Å². The minimum absolute atomic E-state index is 0.0519. The molecule has 4 amide bonds. The summed E-state index contributed by atoms with van der Waals surface area (Å²) in [5, 5.41) is 7.85. The molecule has 0 bridgehead atoms. The van der Waals surface area contributed by atoms with Gasteiger partial charge in [0.2, 0.25) is 23.6 Å². The maximum absolute atomic E-state index is 13.3. The molecule has 2 rings (SSSR count). The van der Waals surface area contributed by atoms with Crippen LogP contribution in [0, 0.1) is 23.5 Å². The zero-order chi connectivity index (χ0) is 23.8. The lowest BCUT2D eigenvalue weighted by Gasteiger charge is -2.24. The van der Waals surface area contributed by atoms with Crippen LogP contribution in [0.25, 0.3) is 0 Å². The van der Waals surface area contributed by atoms with E-state index < -0.39 is 47.4 Å². The van der Waals surface area contributed by atoms with Crippen LogP contribution in [0.4, 0.5) is 8.78 Å². The largest absolute Gasteiger partial charge is 0.368 e. The first-order valence-electron chi connectivity index (χ1n) is 10.7. The number of nitrogens with one attached hydrogen (secondary N) is 3. The summed E-state index contributed by atoms with van der Waals surface area (Å²) < 4.78 is 26.6. The van der Waals surface area contributed by atoms with Crippen molar-refractivity contribution in [2.24, 2.45) is 17.6 Å². The lowest BCUT2D eigenvalue weighted by atomic mass is 9.97. The van der Waals surface area contributed by atoms with Gasteiger partial charge in [-0.05, 0) is 49.3 Å². The molecule has 32 heavy (non-hydrogen) atoms. The summed E-state index contributed by atoms with van der Waals surface area (Å²) in [6.07, 6.45) is 0.955. The van der Waals surface area contributed by atoms with Crippen LogP contribution in [0.15, 0.2) is 18.2 Å². The fourth-order valence-corrected chi connectivity index (χ4v) is 3.66. The molecule has 1 saturated heterocycles. The first-order valence-corrected chi connectivity index (χ1v) is 10.7. The second-order valence-electron chi connectivity index (χ2n) is 8.50. The van der Waals surface area contributed by atoms with Crippen molar-refractivity contribution in [2.75, 3.05) is 6.54 Å². The Bertz CT molecular complexity index is 842. The van der Waals surface area contributed by atoms with E-state index in [1.165, 1.54) is 0 Å². The van der Waals surface area contributed by atoms with Gasteiger partial charge in [0.05, 0.1) is 0 Å². The van der Waals surface area contributed by atoms with Crippen molar-refractivity contribution in [1.29, 1.82) is 0 Å². The van der Waals surface area contributed by atoms with Crippen LogP contribution in [0.1, 0.15) is 45.1 Å². The summed E-state index contributed by atoms with van der Waals surface area (Å²) in [7, 11) is 0. The van der Waals surface area contributed by atoms with E-state index in [-0.39, 0.29) is 31.1 Å². The summed E-state index contributed by atoms with van der Waals surface area (Å²) in [6, 6.07) is 1.07. The molecule has 176 valence electrons. The smallest absolute Gasteiger partial charge is 0.243 e. The molecule has 1 fully saturated rings. The standard InChI is InChI=1S/C22H30F2N4O4/c1-12(2)7-18(27-19(29)4-3-13-8-15(23)11-16(24)9-13)22(32)28-17(20(25)30)10-14-5-6-26-21(14)31/h8-9,11-12,14,17-18H,3-7,10H2,1-2H3,(H2,25,30)(H,26,31)(H,27,29)(H,28,32)/t14-,17-,18-/m0/s1. The highest BCUT2D eigenvalue weighted by atomic mass is 19.1. The SMILES string of the molecule is CC(C)C[C@H](NC(=O)CCc1cc(F)cc(F)c1)C(=O)N[C@@H](C[C@@H]1CCNC1=O)C(N)=O. The predicted octanol–water partition coefficient (Wildman–Crippen LogP) is 0.925. The number of carbonyl (C=O) groups is 4. The van der Waals surface area contributed by atoms with Crippen LogP contribution in [0.2, 0.25) is 0 Å². The van der Waals surface area contributed by atoms with Crippen LogP contribution < -0.4 is 21.7 Å². The molecule has 0 aromatic heterocycles. The van der Waals surface area contributed by atoms with Crippen molar-refractivity contribution < 1.29 is 28.0 Å². The van der Waals surface area contributed by atoms with Crippen LogP contribution in [0.5, 0.6) is 0 Å². The molecule has 0 spiro atoms. The Hall–Kier alpha value is -3.04. The van der Waals surface area contributed by atoms with Gasteiger partial charge in [0.25, 0.3) is 0 Å². The monoisotopic (exact) mass is 452 g/mol. The van der Waals surface area contributed by atoms with E-state index in [4.69, 9.17) is 5.73 Å². The highest BCUT2D eigenvalue weighted by Crippen LogP contribution is 2.17. The Kier molecular flexibility index (Phi) is 9.10. The molecule has 5 N–H and O–H groups in total. The van der Waals surface area contributed by atoms with Gasteiger partial charge in [0.15, 0.2) is 0 Å². The molecular formula is C22H30F2N4O4. The van der Waals surface area contributed by atoms with Gasteiger partial charge >= 0.3 is 0 Å². The number of amides is 4. The molecule has 0 radical (unpaired) electrons. The number of carbonyl (C=O) groups excluding carboxylic acids is 4. The average Bonchev–Trinajstić information content (AvgIpc) is 3.08. The average molecular weight is 453 g/mol. The summed E-state index contributed by atoms with van der Waals surface area (Å²) in [5.41, 5.74) is 5.74. The van der Waals surface area contributed by atoms with Gasteiger partial charge in [-0.2, -0.15) is 0 Å². The van der Waals surface area contributed by atoms with Gasteiger partial charge in [-0.15, -0.1) is 0 Å². The Labute approximate surface area is 185 Å². The lowest BCUT2D eigenvalue weighted by Crippen LogP contribution is -2.54. The summed E-state index contributed by atoms with van der Waals surface area (Å²) in [6.45, 7) is 4.25. The zero-order valence-electron chi connectivity index (χ0n) is 18.3. The normalized spacial score (nSPS) is 17.5. The van der Waals surface area contributed by atoms with E-state index in [1.54, 1.807) is 0 Å². The van der Waals surface area contributed by atoms with Crippen LogP contribution in [-0.2, 0) is 25.6 Å². The number of benzene rings is 1. The van der Waals surface area contributed by atoms with Crippen molar-refractivity contribution in [3.63, 3.8) is 0 Å². The predicted molar refractivity (Wildman–Crippen MR) is 113 cm³/mol. The molecule has 1 aromatic carbocycles. The summed E-state index contributed by atoms with van der Waals surface area (Å²) >= 11 is 0.